The monoisotopic (exact) mass is 267 g/mol. The van der Waals surface area contributed by atoms with Crippen LogP contribution in [0.1, 0.15) is 56.2 Å². The molecule has 3 heteroatoms. The van der Waals surface area contributed by atoms with Gasteiger partial charge in [0.25, 0.3) is 0 Å². The van der Waals surface area contributed by atoms with E-state index in [1.807, 2.05) is 0 Å². The Morgan fingerprint density at radius 1 is 1.21 bits per heavy atom. The molecule has 0 saturated heterocycles. The van der Waals surface area contributed by atoms with Crippen LogP contribution in [0, 0.1) is 30.4 Å². The van der Waals surface area contributed by atoms with E-state index >= 15 is 0 Å². The highest BCUT2D eigenvalue weighted by atomic mass is 19.1. The van der Waals surface area contributed by atoms with Gasteiger partial charge in [-0.3, -0.25) is 0 Å². The summed E-state index contributed by atoms with van der Waals surface area (Å²) in [5, 5.41) is 0. The van der Waals surface area contributed by atoms with Crippen LogP contribution in [-0.4, -0.2) is 0 Å². The van der Waals surface area contributed by atoms with Crippen LogP contribution < -0.4 is 5.73 Å². The molecule has 0 amide bonds. The predicted octanol–water partition coefficient (Wildman–Crippen LogP) is 4.49. The van der Waals surface area contributed by atoms with Crippen molar-refractivity contribution < 1.29 is 8.78 Å². The van der Waals surface area contributed by atoms with E-state index in [0.717, 1.165) is 31.6 Å². The maximum Gasteiger partial charge on any atom is 0.133 e. The van der Waals surface area contributed by atoms with Gasteiger partial charge in [0.15, 0.2) is 0 Å². The average Bonchev–Trinajstić information content (AvgIpc) is 2.43. The Kier molecular flexibility index (Phi) is 4.56. The van der Waals surface area contributed by atoms with Gasteiger partial charge in [0.2, 0.25) is 0 Å². The Labute approximate surface area is 114 Å². The molecule has 0 spiro atoms. The summed E-state index contributed by atoms with van der Waals surface area (Å²) in [4.78, 5) is 0. The van der Waals surface area contributed by atoms with Gasteiger partial charge < -0.3 is 5.73 Å². The van der Waals surface area contributed by atoms with Crippen molar-refractivity contribution in [2.75, 3.05) is 0 Å². The van der Waals surface area contributed by atoms with E-state index in [4.69, 9.17) is 5.73 Å². The second-order valence-electron chi connectivity index (χ2n) is 5.81. The summed E-state index contributed by atoms with van der Waals surface area (Å²) >= 11 is 0. The van der Waals surface area contributed by atoms with Gasteiger partial charge in [0, 0.05) is 11.6 Å². The quantitative estimate of drug-likeness (QED) is 0.858. The summed E-state index contributed by atoms with van der Waals surface area (Å²) in [5.74, 6) is -0.0115. The molecule has 1 saturated carbocycles. The van der Waals surface area contributed by atoms with Gasteiger partial charge in [-0.1, -0.05) is 32.3 Å². The normalized spacial score (nSPS) is 25.3. The zero-order chi connectivity index (χ0) is 14.0. The molecular weight excluding hydrogens is 244 g/mol. The number of benzene rings is 1. The van der Waals surface area contributed by atoms with E-state index in [9.17, 15) is 8.78 Å². The highest BCUT2D eigenvalue weighted by Crippen LogP contribution is 2.38. The molecule has 1 aliphatic carbocycles. The van der Waals surface area contributed by atoms with Crippen molar-refractivity contribution in [1.82, 2.24) is 0 Å². The fourth-order valence-electron chi connectivity index (χ4n) is 3.18. The third-order valence-electron chi connectivity index (χ3n) is 4.63. The van der Waals surface area contributed by atoms with Crippen LogP contribution in [0.4, 0.5) is 8.78 Å². The second kappa shape index (κ2) is 6.00. The van der Waals surface area contributed by atoms with E-state index in [1.54, 1.807) is 6.92 Å². The van der Waals surface area contributed by atoms with Crippen LogP contribution in [0.25, 0.3) is 0 Å². The van der Waals surface area contributed by atoms with Crippen molar-refractivity contribution in [3.63, 3.8) is 0 Å². The summed E-state index contributed by atoms with van der Waals surface area (Å²) in [6.45, 7) is 3.85. The smallest absolute Gasteiger partial charge is 0.133 e. The molecule has 19 heavy (non-hydrogen) atoms. The maximum atomic E-state index is 14.1. The van der Waals surface area contributed by atoms with Crippen molar-refractivity contribution in [2.45, 2.75) is 52.0 Å². The molecule has 1 aromatic carbocycles. The highest BCUT2D eigenvalue weighted by molar-refractivity contribution is 5.29. The van der Waals surface area contributed by atoms with Gasteiger partial charge in [-0.15, -0.1) is 0 Å². The molecule has 106 valence electrons. The van der Waals surface area contributed by atoms with E-state index in [-0.39, 0.29) is 11.5 Å². The molecule has 0 aromatic heterocycles. The molecule has 2 N–H and O–H groups in total. The third kappa shape index (κ3) is 2.97. The molecule has 1 aromatic rings. The maximum absolute atomic E-state index is 14.1. The Balaban J connectivity index is 2.16. The molecular formula is C16H23F2N. The zero-order valence-corrected chi connectivity index (χ0v) is 11.8. The summed E-state index contributed by atoms with van der Waals surface area (Å²) in [5.41, 5.74) is 6.70. The average molecular weight is 267 g/mol. The molecule has 1 atom stereocenters. The lowest BCUT2D eigenvalue weighted by molar-refractivity contribution is 0.235. The van der Waals surface area contributed by atoms with Crippen LogP contribution in [0.2, 0.25) is 0 Å². The minimum Gasteiger partial charge on any atom is -0.324 e. The standard InChI is InChI=1S/C16H23F2N/c1-3-11-5-7-12(8-6-11)16(19)14-13(17)9-4-10(2)15(14)18/h4,9,11-12,16H,3,5-8,19H2,1-2H3. The first-order chi connectivity index (χ1) is 9.04. The lowest BCUT2D eigenvalue weighted by Gasteiger charge is -2.32. The van der Waals surface area contributed by atoms with Crippen LogP contribution in [-0.2, 0) is 0 Å². The third-order valence-corrected chi connectivity index (χ3v) is 4.63. The lowest BCUT2D eigenvalue weighted by atomic mass is 9.76. The van der Waals surface area contributed by atoms with Gasteiger partial charge in [0.1, 0.15) is 11.6 Å². The Hall–Kier alpha value is -0.960. The van der Waals surface area contributed by atoms with Crippen molar-refractivity contribution in [2.24, 2.45) is 17.6 Å². The van der Waals surface area contributed by atoms with Gasteiger partial charge >= 0.3 is 0 Å². The minimum atomic E-state index is -0.516. The van der Waals surface area contributed by atoms with E-state index in [2.05, 4.69) is 6.92 Å². The Morgan fingerprint density at radius 3 is 2.42 bits per heavy atom. The van der Waals surface area contributed by atoms with Gasteiger partial charge in [-0.2, -0.15) is 0 Å². The molecule has 0 radical (unpaired) electrons. The fraction of sp³-hybridized carbons (Fsp3) is 0.625. The minimum absolute atomic E-state index is 0.0833. The molecule has 0 aliphatic heterocycles. The number of hydrogen-bond acceptors (Lipinski definition) is 1. The number of rotatable bonds is 3. The molecule has 1 unspecified atom stereocenters. The Bertz CT molecular complexity index is 437. The molecule has 0 bridgehead atoms. The van der Waals surface area contributed by atoms with E-state index < -0.39 is 17.7 Å². The summed E-state index contributed by atoms with van der Waals surface area (Å²) in [6.07, 6.45) is 5.40. The predicted molar refractivity (Wildman–Crippen MR) is 73.8 cm³/mol. The largest absolute Gasteiger partial charge is 0.324 e. The first kappa shape index (κ1) is 14.4. The van der Waals surface area contributed by atoms with Gasteiger partial charge in [0.05, 0.1) is 0 Å². The van der Waals surface area contributed by atoms with Crippen molar-refractivity contribution in [3.05, 3.63) is 34.9 Å². The van der Waals surface area contributed by atoms with Gasteiger partial charge in [-0.05, 0) is 43.2 Å². The van der Waals surface area contributed by atoms with E-state index in [1.165, 1.54) is 18.6 Å². The number of hydrogen-bond donors (Lipinski definition) is 1. The number of nitrogens with two attached hydrogens (primary N) is 1. The van der Waals surface area contributed by atoms with Crippen LogP contribution in [0.5, 0.6) is 0 Å². The summed E-state index contributed by atoms with van der Waals surface area (Å²) in [7, 11) is 0. The highest BCUT2D eigenvalue weighted by Gasteiger charge is 2.29. The molecule has 1 aliphatic rings. The van der Waals surface area contributed by atoms with Gasteiger partial charge in [-0.25, -0.2) is 8.78 Å². The lowest BCUT2D eigenvalue weighted by Crippen LogP contribution is -2.27. The molecule has 1 nitrogen and oxygen atoms in total. The second-order valence-corrected chi connectivity index (χ2v) is 5.81. The topological polar surface area (TPSA) is 26.0 Å². The molecule has 1 fully saturated rings. The zero-order valence-electron chi connectivity index (χ0n) is 11.8. The number of halogens is 2. The van der Waals surface area contributed by atoms with Crippen LogP contribution in [0.3, 0.4) is 0 Å². The summed E-state index contributed by atoms with van der Waals surface area (Å²) < 4.78 is 27.9. The number of aryl methyl sites for hydroxylation is 1. The Morgan fingerprint density at radius 2 is 1.84 bits per heavy atom. The SMILES string of the molecule is CCC1CCC(C(N)c2c(F)ccc(C)c2F)CC1. The van der Waals surface area contributed by atoms with Crippen molar-refractivity contribution in [3.8, 4) is 0 Å². The first-order valence-electron chi connectivity index (χ1n) is 7.24. The fourth-order valence-corrected chi connectivity index (χ4v) is 3.18. The van der Waals surface area contributed by atoms with E-state index in [0.29, 0.717) is 5.56 Å². The summed E-state index contributed by atoms with van der Waals surface area (Å²) in [6, 6.07) is 2.28. The van der Waals surface area contributed by atoms with Crippen LogP contribution >= 0.6 is 0 Å². The molecule has 2 rings (SSSR count). The van der Waals surface area contributed by atoms with Crippen molar-refractivity contribution in [1.29, 1.82) is 0 Å². The molecule has 0 heterocycles. The van der Waals surface area contributed by atoms with Crippen molar-refractivity contribution >= 4 is 0 Å². The first-order valence-corrected chi connectivity index (χ1v) is 7.24. The van der Waals surface area contributed by atoms with Crippen LogP contribution in [0.15, 0.2) is 12.1 Å².